The number of benzene rings is 2. The minimum Gasteiger partial charge on any atom is -0.493 e. The fourth-order valence-electron chi connectivity index (χ4n) is 2.83. The highest BCUT2D eigenvalue weighted by molar-refractivity contribution is 7.29. The van der Waals surface area contributed by atoms with E-state index in [1.807, 2.05) is 36.4 Å². The number of methoxy groups -OCH3 is 4. The van der Waals surface area contributed by atoms with Gasteiger partial charge in [0.15, 0.2) is 32.7 Å². The van der Waals surface area contributed by atoms with Crippen LogP contribution in [0.25, 0.3) is 30.8 Å². The number of hydrogen-bond donors (Lipinski definition) is 0. The third-order valence-electron chi connectivity index (χ3n) is 4.24. The molecule has 0 unspecified atom stereocenters. The van der Waals surface area contributed by atoms with Crippen molar-refractivity contribution in [3.05, 3.63) is 36.4 Å². The summed E-state index contributed by atoms with van der Waals surface area (Å²) in [6.45, 7) is 0. The van der Waals surface area contributed by atoms with Crippen molar-refractivity contribution in [3.8, 4) is 44.1 Å². The van der Waals surface area contributed by atoms with E-state index < -0.39 is 0 Å². The van der Waals surface area contributed by atoms with Gasteiger partial charge in [-0.1, -0.05) is 22.7 Å². The molecule has 2 heterocycles. The van der Waals surface area contributed by atoms with Gasteiger partial charge in [-0.2, -0.15) is 0 Å². The number of hydrogen-bond acceptors (Lipinski definition) is 8. The molecule has 0 amide bonds. The average Bonchev–Trinajstić information content (AvgIpc) is 3.32. The Morgan fingerprint density at radius 1 is 0.571 bits per heavy atom. The Hall–Kier alpha value is -2.84. The molecule has 4 aromatic rings. The molecule has 4 rings (SSSR count). The third-order valence-corrected chi connectivity index (χ3v) is 6.36. The van der Waals surface area contributed by atoms with E-state index in [4.69, 9.17) is 28.9 Å². The van der Waals surface area contributed by atoms with Gasteiger partial charge in [-0.3, -0.25) is 0 Å². The summed E-state index contributed by atoms with van der Waals surface area (Å²) in [6, 6.07) is 11.6. The van der Waals surface area contributed by atoms with E-state index in [0.717, 1.165) is 30.8 Å². The zero-order valence-corrected chi connectivity index (χ0v) is 17.4. The molecular weight excluding hydrogens is 396 g/mol. The molecule has 8 heteroatoms. The summed E-state index contributed by atoms with van der Waals surface area (Å²) in [6.07, 6.45) is 0. The molecule has 0 atom stereocenters. The summed E-state index contributed by atoms with van der Waals surface area (Å²) in [5.41, 5.74) is 1.95. The van der Waals surface area contributed by atoms with Gasteiger partial charge in [-0.25, -0.2) is 9.97 Å². The molecule has 0 saturated heterocycles. The minimum atomic E-state index is 0.678. The Morgan fingerprint density at radius 3 is 1.32 bits per heavy atom. The van der Waals surface area contributed by atoms with Crippen molar-refractivity contribution >= 4 is 32.3 Å². The van der Waals surface area contributed by atoms with Crippen LogP contribution in [0.3, 0.4) is 0 Å². The van der Waals surface area contributed by atoms with Gasteiger partial charge in [-0.15, -0.1) is 0 Å². The van der Waals surface area contributed by atoms with Crippen molar-refractivity contribution < 1.29 is 18.9 Å². The van der Waals surface area contributed by atoms with Crippen LogP contribution in [0.2, 0.25) is 0 Å². The van der Waals surface area contributed by atoms with Crippen LogP contribution in [0.15, 0.2) is 36.4 Å². The number of ether oxygens (including phenoxy) is 4. The Bertz CT molecular complexity index is 1020. The zero-order chi connectivity index (χ0) is 19.7. The monoisotopic (exact) mass is 414 g/mol. The van der Waals surface area contributed by atoms with Crippen molar-refractivity contribution in [2.45, 2.75) is 0 Å². The smallest absolute Gasteiger partial charge is 0.161 e. The second-order valence-corrected chi connectivity index (χ2v) is 7.74. The maximum Gasteiger partial charge on any atom is 0.161 e. The Morgan fingerprint density at radius 2 is 0.964 bits per heavy atom. The standard InChI is InChI=1S/C20H18N2O4S2/c1-23-13-7-5-11(9-15(13)25-3)17-21-19-20(27-17)22-18(28-19)12-6-8-14(24-2)16(10-12)26-4/h5-10H,1-4H3. The van der Waals surface area contributed by atoms with E-state index in [9.17, 15) is 0 Å². The van der Waals surface area contributed by atoms with Crippen molar-refractivity contribution in [2.24, 2.45) is 0 Å². The molecule has 0 N–H and O–H groups in total. The Labute approximate surface area is 170 Å². The first kappa shape index (κ1) is 18.5. The predicted octanol–water partition coefficient (Wildman–Crippen LogP) is 5.12. The van der Waals surface area contributed by atoms with Gasteiger partial charge in [0.2, 0.25) is 0 Å². The molecule has 144 valence electrons. The van der Waals surface area contributed by atoms with E-state index in [1.165, 1.54) is 0 Å². The normalized spacial score (nSPS) is 10.9. The van der Waals surface area contributed by atoms with Crippen LogP contribution in [0.5, 0.6) is 23.0 Å². The lowest BCUT2D eigenvalue weighted by Gasteiger charge is -2.08. The molecule has 0 bridgehead atoms. The summed E-state index contributed by atoms with van der Waals surface area (Å²) < 4.78 is 21.4. The summed E-state index contributed by atoms with van der Waals surface area (Å²) >= 11 is 3.10. The van der Waals surface area contributed by atoms with Crippen LogP contribution in [0.1, 0.15) is 0 Å². The molecule has 0 fully saturated rings. The fourth-order valence-corrected chi connectivity index (χ4v) is 4.86. The quantitative estimate of drug-likeness (QED) is 0.436. The molecule has 0 aliphatic heterocycles. The van der Waals surface area contributed by atoms with Gasteiger partial charge in [0.1, 0.15) is 10.0 Å². The van der Waals surface area contributed by atoms with Crippen LogP contribution >= 0.6 is 22.7 Å². The molecule has 0 aliphatic carbocycles. The lowest BCUT2D eigenvalue weighted by atomic mass is 10.2. The first-order valence-corrected chi connectivity index (χ1v) is 10.0. The summed E-state index contributed by atoms with van der Waals surface area (Å²) in [5.74, 6) is 2.74. The van der Waals surface area contributed by atoms with Crippen LogP contribution in [0.4, 0.5) is 0 Å². The lowest BCUT2D eigenvalue weighted by Crippen LogP contribution is -1.90. The number of fused-ring (bicyclic) bond motifs is 1. The lowest BCUT2D eigenvalue weighted by molar-refractivity contribution is 0.355. The van der Waals surface area contributed by atoms with Crippen molar-refractivity contribution in [2.75, 3.05) is 28.4 Å². The highest BCUT2D eigenvalue weighted by Crippen LogP contribution is 2.40. The predicted molar refractivity (Wildman–Crippen MR) is 112 cm³/mol. The molecular formula is C20H18N2O4S2. The Kier molecular flexibility index (Phi) is 5.06. The molecule has 2 aromatic heterocycles. The molecule has 28 heavy (non-hydrogen) atoms. The maximum absolute atomic E-state index is 5.39. The van der Waals surface area contributed by atoms with Crippen molar-refractivity contribution in [1.29, 1.82) is 0 Å². The fraction of sp³-hybridized carbons (Fsp3) is 0.200. The largest absolute Gasteiger partial charge is 0.493 e. The van der Waals surface area contributed by atoms with Gasteiger partial charge >= 0.3 is 0 Å². The van der Waals surface area contributed by atoms with E-state index >= 15 is 0 Å². The van der Waals surface area contributed by atoms with Crippen LogP contribution in [0, 0.1) is 0 Å². The minimum absolute atomic E-state index is 0.678. The molecule has 6 nitrogen and oxygen atoms in total. The summed E-state index contributed by atoms with van der Waals surface area (Å²) in [4.78, 5) is 11.3. The van der Waals surface area contributed by atoms with Crippen molar-refractivity contribution in [1.82, 2.24) is 9.97 Å². The first-order valence-electron chi connectivity index (χ1n) is 8.39. The van der Waals surface area contributed by atoms with E-state index in [1.54, 1.807) is 51.1 Å². The second kappa shape index (κ2) is 7.65. The second-order valence-electron chi connectivity index (χ2n) is 5.79. The highest BCUT2D eigenvalue weighted by atomic mass is 32.1. The number of thiazole rings is 2. The van der Waals surface area contributed by atoms with Gasteiger partial charge in [0.25, 0.3) is 0 Å². The number of rotatable bonds is 6. The van der Waals surface area contributed by atoms with Gasteiger partial charge in [0, 0.05) is 11.1 Å². The van der Waals surface area contributed by atoms with Gasteiger partial charge in [-0.05, 0) is 36.4 Å². The Balaban J connectivity index is 1.69. The highest BCUT2D eigenvalue weighted by Gasteiger charge is 2.16. The van der Waals surface area contributed by atoms with Crippen LogP contribution in [-0.4, -0.2) is 38.4 Å². The third kappa shape index (κ3) is 3.25. The molecule has 0 saturated carbocycles. The van der Waals surface area contributed by atoms with Gasteiger partial charge < -0.3 is 18.9 Å². The first-order chi connectivity index (χ1) is 13.7. The molecule has 2 aromatic carbocycles. The number of aromatic nitrogens is 2. The molecule has 0 spiro atoms. The summed E-state index contributed by atoms with van der Waals surface area (Å²) in [5, 5.41) is 1.79. The van der Waals surface area contributed by atoms with E-state index in [-0.39, 0.29) is 0 Å². The average molecular weight is 415 g/mol. The van der Waals surface area contributed by atoms with Gasteiger partial charge in [0.05, 0.1) is 28.4 Å². The van der Waals surface area contributed by atoms with Crippen molar-refractivity contribution in [3.63, 3.8) is 0 Å². The molecule has 0 radical (unpaired) electrons. The molecule has 0 aliphatic rings. The van der Waals surface area contributed by atoms with E-state index in [0.29, 0.717) is 23.0 Å². The van der Waals surface area contributed by atoms with Crippen LogP contribution in [-0.2, 0) is 0 Å². The number of nitrogens with zero attached hydrogens (tertiary/aromatic N) is 2. The topological polar surface area (TPSA) is 62.7 Å². The maximum atomic E-state index is 5.39. The summed E-state index contributed by atoms with van der Waals surface area (Å²) in [7, 11) is 6.49. The van der Waals surface area contributed by atoms with Crippen LogP contribution < -0.4 is 18.9 Å². The zero-order valence-electron chi connectivity index (χ0n) is 15.8. The van der Waals surface area contributed by atoms with E-state index in [2.05, 4.69) is 0 Å². The SMILES string of the molecule is COc1ccc(-c2nc3sc(-c4ccc(OC)c(OC)c4)nc3s2)cc1OC.